The average Bonchev–Trinajstić information content (AvgIpc) is 2.59. The van der Waals surface area contributed by atoms with E-state index in [2.05, 4.69) is 0 Å². The van der Waals surface area contributed by atoms with Crippen LogP contribution in [0.1, 0.15) is 20.8 Å². The normalized spacial score (nSPS) is 26.0. The van der Waals surface area contributed by atoms with Crippen LogP contribution in [0.4, 0.5) is 4.39 Å². The summed E-state index contributed by atoms with van der Waals surface area (Å²) in [5, 5.41) is 10.3. The first-order valence-corrected chi connectivity index (χ1v) is 8.01. The van der Waals surface area contributed by atoms with Gasteiger partial charge in [0.25, 0.3) is 0 Å². The first-order chi connectivity index (χ1) is 9.51. The Morgan fingerprint density at radius 2 is 1.90 bits per heavy atom. The Labute approximate surface area is 124 Å². The van der Waals surface area contributed by atoms with Crippen molar-refractivity contribution in [3.05, 3.63) is 24.0 Å². The van der Waals surface area contributed by atoms with Crippen molar-refractivity contribution in [3.8, 4) is 5.75 Å². The van der Waals surface area contributed by atoms with E-state index in [1.165, 1.54) is 23.5 Å². The molecule has 21 heavy (non-hydrogen) atoms. The fourth-order valence-corrected chi connectivity index (χ4v) is 4.06. The van der Waals surface area contributed by atoms with Crippen LogP contribution in [0.25, 0.3) is 0 Å². The number of ether oxygens (including phenoxy) is 1. The van der Waals surface area contributed by atoms with E-state index in [4.69, 9.17) is 4.74 Å². The number of sulfonamides is 1. The van der Waals surface area contributed by atoms with E-state index >= 15 is 0 Å². The third kappa shape index (κ3) is 2.65. The maximum absolute atomic E-state index is 13.7. The van der Waals surface area contributed by atoms with Crippen LogP contribution in [-0.4, -0.2) is 43.6 Å². The van der Waals surface area contributed by atoms with E-state index < -0.39 is 26.9 Å². The summed E-state index contributed by atoms with van der Waals surface area (Å²) in [6.45, 7) is 5.37. The average molecular weight is 317 g/mol. The molecule has 0 bridgehead atoms. The molecule has 0 aromatic heterocycles. The number of rotatable bonds is 3. The molecule has 1 N–H and O–H groups in total. The van der Waals surface area contributed by atoms with Crippen LogP contribution < -0.4 is 4.74 Å². The monoisotopic (exact) mass is 317 g/mol. The summed E-state index contributed by atoms with van der Waals surface area (Å²) in [6, 6.07) is 3.52. The summed E-state index contributed by atoms with van der Waals surface area (Å²) < 4.78 is 44.8. The zero-order valence-electron chi connectivity index (χ0n) is 12.6. The summed E-state index contributed by atoms with van der Waals surface area (Å²) >= 11 is 0. The lowest BCUT2D eigenvalue weighted by Crippen LogP contribution is -2.40. The molecule has 7 heteroatoms. The van der Waals surface area contributed by atoms with Gasteiger partial charge in [-0.25, -0.2) is 12.8 Å². The van der Waals surface area contributed by atoms with Crippen LogP contribution in [0.5, 0.6) is 5.75 Å². The number of halogens is 1. The number of β-amino-alcohol motifs (C(OH)–C–C–N with tert-alkyl or cyclic N) is 1. The molecular weight excluding hydrogens is 297 g/mol. The maximum Gasteiger partial charge on any atom is 0.243 e. The number of methoxy groups -OCH3 is 1. The number of nitrogens with zero attached hydrogens (tertiary/aromatic N) is 1. The minimum Gasteiger partial charge on any atom is -0.494 e. The van der Waals surface area contributed by atoms with Crippen LogP contribution in [0.2, 0.25) is 0 Å². The van der Waals surface area contributed by atoms with Crippen molar-refractivity contribution in [3.63, 3.8) is 0 Å². The Hall–Kier alpha value is -1.18. The molecule has 0 saturated carbocycles. The molecule has 2 rings (SSSR count). The van der Waals surface area contributed by atoms with Crippen molar-refractivity contribution >= 4 is 10.0 Å². The molecule has 0 radical (unpaired) electrons. The molecule has 0 aliphatic carbocycles. The molecule has 0 amide bonds. The van der Waals surface area contributed by atoms with Gasteiger partial charge in [-0.15, -0.1) is 0 Å². The molecule has 5 nitrogen and oxygen atoms in total. The molecule has 1 aliphatic rings. The molecule has 1 unspecified atom stereocenters. The minimum atomic E-state index is -3.85. The third-order valence-corrected chi connectivity index (χ3v) is 6.06. The summed E-state index contributed by atoms with van der Waals surface area (Å²) in [4.78, 5) is -0.144. The molecule has 1 aromatic carbocycles. The predicted octanol–water partition coefficient (Wildman–Crippen LogP) is 1.62. The van der Waals surface area contributed by atoms with Crippen molar-refractivity contribution in [2.75, 3.05) is 20.2 Å². The van der Waals surface area contributed by atoms with Crippen molar-refractivity contribution in [1.82, 2.24) is 4.31 Å². The van der Waals surface area contributed by atoms with Gasteiger partial charge in [-0.1, -0.05) is 13.8 Å². The quantitative estimate of drug-likeness (QED) is 0.920. The highest BCUT2D eigenvalue weighted by Crippen LogP contribution is 2.40. The van der Waals surface area contributed by atoms with E-state index in [1.54, 1.807) is 20.8 Å². The predicted molar refractivity (Wildman–Crippen MR) is 76.1 cm³/mol. The Bertz CT molecular complexity index is 639. The number of hydrogen-bond acceptors (Lipinski definition) is 4. The second-order valence-electron chi connectivity index (χ2n) is 6.23. The highest BCUT2D eigenvalue weighted by atomic mass is 32.2. The smallest absolute Gasteiger partial charge is 0.243 e. The topological polar surface area (TPSA) is 66.8 Å². The van der Waals surface area contributed by atoms with Gasteiger partial charge < -0.3 is 9.84 Å². The first kappa shape index (κ1) is 16.2. The fraction of sp³-hybridized carbons (Fsp3) is 0.571. The molecule has 1 aliphatic heterocycles. The van der Waals surface area contributed by atoms with Gasteiger partial charge >= 0.3 is 0 Å². The summed E-state index contributed by atoms with van der Waals surface area (Å²) in [7, 11) is -2.54. The van der Waals surface area contributed by atoms with Crippen LogP contribution in [0.15, 0.2) is 23.1 Å². The van der Waals surface area contributed by atoms with Gasteiger partial charge in [-0.3, -0.25) is 0 Å². The van der Waals surface area contributed by atoms with Gasteiger partial charge in [-0.05, 0) is 25.1 Å². The van der Waals surface area contributed by atoms with Gasteiger partial charge in [-0.2, -0.15) is 4.31 Å². The molecule has 1 fully saturated rings. The zero-order valence-corrected chi connectivity index (χ0v) is 13.4. The standard InChI is InChI=1S/C14H20FNO4S/c1-13(2)8-16(9-14(13,3)17)21(18,19)10-5-6-12(20-4)11(15)7-10/h5-7,17H,8-9H2,1-4H3. The highest BCUT2D eigenvalue weighted by Gasteiger charge is 2.51. The van der Waals surface area contributed by atoms with Gasteiger partial charge in [0.15, 0.2) is 11.6 Å². The van der Waals surface area contributed by atoms with E-state index in [1.807, 2.05) is 0 Å². The Morgan fingerprint density at radius 1 is 1.29 bits per heavy atom. The van der Waals surface area contributed by atoms with Crippen molar-refractivity contribution < 1.29 is 22.7 Å². The number of benzene rings is 1. The van der Waals surface area contributed by atoms with Gasteiger partial charge in [0.05, 0.1) is 17.6 Å². The van der Waals surface area contributed by atoms with Crippen molar-refractivity contribution in [2.45, 2.75) is 31.3 Å². The van der Waals surface area contributed by atoms with Gasteiger partial charge in [0.2, 0.25) is 10.0 Å². The second-order valence-corrected chi connectivity index (χ2v) is 8.17. The zero-order chi connectivity index (χ0) is 16.1. The lowest BCUT2D eigenvalue weighted by atomic mass is 9.79. The number of aliphatic hydroxyl groups is 1. The lowest BCUT2D eigenvalue weighted by molar-refractivity contribution is -0.0100. The van der Waals surface area contributed by atoms with E-state index in [0.717, 1.165) is 6.07 Å². The highest BCUT2D eigenvalue weighted by molar-refractivity contribution is 7.89. The lowest BCUT2D eigenvalue weighted by Gasteiger charge is -2.31. The minimum absolute atomic E-state index is 0.0114. The summed E-state index contributed by atoms with van der Waals surface area (Å²) in [5.41, 5.74) is -1.71. The first-order valence-electron chi connectivity index (χ1n) is 6.57. The van der Waals surface area contributed by atoms with E-state index in [0.29, 0.717) is 0 Å². The van der Waals surface area contributed by atoms with Crippen LogP contribution in [-0.2, 0) is 10.0 Å². The van der Waals surface area contributed by atoms with Crippen LogP contribution in [0.3, 0.4) is 0 Å². The molecule has 1 atom stereocenters. The Morgan fingerprint density at radius 3 is 2.33 bits per heavy atom. The van der Waals surface area contributed by atoms with Crippen molar-refractivity contribution in [1.29, 1.82) is 0 Å². The van der Waals surface area contributed by atoms with E-state index in [-0.39, 0.29) is 23.7 Å². The fourth-order valence-electron chi connectivity index (χ4n) is 2.35. The Balaban J connectivity index is 2.38. The van der Waals surface area contributed by atoms with Gasteiger partial charge in [0, 0.05) is 18.5 Å². The molecule has 1 heterocycles. The van der Waals surface area contributed by atoms with E-state index in [9.17, 15) is 17.9 Å². The molecule has 1 saturated heterocycles. The molecule has 1 aromatic rings. The molecule has 118 valence electrons. The summed E-state index contributed by atoms with van der Waals surface area (Å²) in [5.74, 6) is -0.744. The van der Waals surface area contributed by atoms with Crippen LogP contribution in [0, 0.1) is 11.2 Å². The SMILES string of the molecule is COc1ccc(S(=O)(=O)N2CC(C)(C)C(C)(O)C2)cc1F. The molecular formula is C14H20FNO4S. The third-order valence-electron chi connectivity index (χ3n) is 4.27. The number of hydrogen-bond donors (Lipinski definition) is 1. The Kier molecular flexibility index (Phi) is 3.80. The summed E-state index contributed by atoms with van der Waals surface area (Å²) in [6.07, 6.45) is 0. The van der Waals surface area contributed by atoms with Crippen molar-refractivity contribution in [2.24, 2.45) is 5.41 Å². The van der Waals surface area contributed by atoms with Crippen LogP contribution >= 0.6 is 0 Å². The molecule has 0 spiro atoms. The second kappa shape index (κ2) is 4.93. The largest absolute Gasteiger partial charge is 0.494 e. The van der Waals surface area contributed by atoms with Gasteiger partial charge in [0.1, 0.15) is 0 Å². The maximum atomic E-state index is 13.7.